The van der Waals surface area contributed by atoms with Crippen LogP contribution in [0.4, 0.5) is 0 Å². The summed E-state index contributed by atoms with van der Waals surface area (Å²) < 4.78 is 11.3. The van der Waals surface area contributed by atoms with E-state index in [1.54, 1.807) is 6.92 Å². The number of hydrogen-bond acceptors (Lipinski definition) is 6. The highest BCUT2D eigenvalue weighted by molar-refractivity contribution is 5.75. The van der Waals surface area contributed by atoms with E-state index in [0.717, 1.165) is 44.9 Å². The molecule has 0 radical (unpaired) electrons. The highest BCUT2D eigenvalue weighted by Crippen LogP contribution is 2.23. The molecule has 1 saturated heterocycles. The predicted molar refractivity (Wildman–Crippen MR) is 98.5 cm³/mol. The quantitative estimate of drug-likeness (QED) is 0.363. The number of carbonyl (C=O) groups is 1. The molecule has 154 valence electrons. The molecule has 0 spiro atoms. The minimum Gasteiger partial charge on any atom is -0.395 e. The largest absolute Gasteiger partial charge is 0.395 e. The molecule has 4 N–H and O–H groups in total. The van der Waals surface area contributed by atoms with E-state index in [1.807, 2.05) is 6.92 Å². The zero-order valence-electron chi connectivity index (χ0n) is 16.2. The van der Waals surface area contributed by atoms with Crippen LogP contribution in [0.1, 0.15) is 71.6 Å². The molecule has 7 nitrogen and oxygen atoms in total. The minimum absolute atomic E-state index is 0.00677. The summed E-state index contributed by atoms with van der Waals surface area (Å²) in [7, 11) is 0. The van der Waals surface area contributed by atoms with Crippen molar-refractivity contribution < 1.29 is 29.6 Å². The molecule has 0 aliphatic carbocycles. The topological polar surface area (TPSA) is 108 Å². The second-order valence-corrected chi connectivity index (χ2v) is 7.26. The Morgan fingerprint density at radius 2 is 1.81 bits per heavy atom. The van der Waals surface area contributed by atoms with Gasteiger partial charge in [-0.05, 0) is 26.7 Å². The number of hydrogen-bond donors (Lipinski definition) is 4. The predicted octanol–water partition coefficient (Wildman–Crippen LogP) is 1.48. The summed E-state index contributed by atoms with van der Waals surface area (Å²) in [6.07, 6.45) is 5.70. The first-order valence-electron chi connectivity index (χ1n) is 9.98. The van der Waals surface area contributed by atoms with Crippen LogP contribution < -0.4 is 5.32 Å². The van der Waals surface area contributed by atoms with E-state index in [4.69, 9.17) is 14.6 Å². The summed E-state index contributed by atoms with van der Waals surface area (Å²) in [6.45, 7) is 4.09. The number of unbranched alkanes of at least 4 members (excludes halogenated alkanes) is 5. The van der Waals surface area contributed by atoms with Gasteiger partial charge in [-0.1, -0.05) is 32.1 Å². The number of rotatable bonds is 13. The smallest absolute Gasteiger partial charge is 0.220 e. The normalized spacial score (nSPS) is 27.3. The van der Waals surface area contributed by atoms with Gasteiger partial charge in [-0.15, -0.1) is 0 Å². The van der Waals surface area contributed by atoms with Gasteiger partial charge in [0, 0.05) is 19.4 Å². The van der Waals surface area contributed by atoms with E-state index in [9.17, 15) is 15.0 Å². The van der Waals surface area contributed by atoms with E-state index in [-0.39, 0.29) is 31.1 Å². The maximum Gasteiger partial charge on any atom is 0.220 e. The van der Waals surface area contributed by atoms with Gasteiger partial charge in [0.1, 0.15) is 6.10 Å². The van der Waals surface area contributed by atoms with Gasteiger partial charge in [0.15, 0.2) is 6.29 Å². The van der Waals surface area contributed by atoms with Crippen molar-refractivity contribution in [1.82, 2.24) is 5.32 Å². The third-order valence-electron chi connectivity index (χ3n) is 4.75. The van der Waals surface area contributed by atoms with Crippen LogP contribution >= 0.6 is 0 Å². The van der Waals surface area contributed by atoms with Gasteiger partial charge in [0.05, 0.1) is 24.9 Å². The molecule has 5 atom stereocenters. The molecule has 26 heavy (non-hydrogen) atoms. The monoisotopic (exact) mass is 375 g/mol. The van der Waals surface area contributed by atoms with Crippen molar-refractivity contribution in [2.75, 3.05) is 13.2 Å². The van der Waals surface area contributed by atoms with Gasteiger partial charge < -0.3 is 30.1 Å². The molecular weight excluding hydrogens is 338 g/mol. The van der Waals surface area contributed by atoms with Gasteiger partial charge in [0.25, 0.3) is 0 Å². The Balaban J connectivity index is 1.98. The fourth-order valence-corrected chi connectivity index (χ4v) is 3.07. The van der Waals surface area contributed by atoms with E-state index in [0.29, 0.717) is 13.0 Å². The maximum atomic E-state index is 11.4. The van der Waals surface area contributed by atoms with Crippen LogP contribution in [0.25, 0.3) is 0 Å². The third-order valence-corrected chi connectivity index (χ3v) is 4.75. The van der Waals surface area contributed by atoms with E-state index in [1.165, 1.54) is 0 Å². The Bertz CT molecular complexity index is 381. The number of aliphatic hydroxyl groups is 3. The molecule has 1 fully saturated rings. The molecule has 0 aromatic heterocycles. The minimum atomic E-state index is -0.779. The van der Waals surface area contributed by atoms with Crippen LogP contribution in [0.5, 0.6) is 0 Å². The Morgan fingerprint density at radius 3 is 2.50 bits per heavy atom. The fourth-order valence-electron chi connectivity index (χ4n) is 3.07. The number of amides is 1. The first-order valence-corrected chi connectivity index (χ1v) is 9.98. The molecule has 0 bridgehead atoms. The zero-order chi connectivity index (χ0) is 19.4. The summed E-state index contributed by atoms with van der Waals surface area (Å²) in [6, 6.07) is 0. The molecule has 0 saturated carbocycles. The fraction of sp³-hybridized carbons (Fsp3) is 0.947. The van der Waals surface area contributed by atoms with Crippen molar-refractivity contribution in [1.29, 1.82) is 0 Å². The van der Waals surface area contributed by atoms with Crippen molar-refractivity contribution in [3.05, 3.63) is 0 Å². The number of carbonyl (C=O) groups excluding carboxylic acids is 1. The van der Waals surface area contributed by atoms with Crippen molar-refractivity contribution in [3.8, 4) is 0 Å². The van der Waals surface area contributed by atoms with Crippen LogP contribution in [0.15, 0.2) is 0 Å². The third kappa shape index (κ3) is 9.83. The molecule has 1 amide bonds. The zero-order valence-corrected chi connectivity index (χ0v) is 16.2. The summed E-state index contributed by atoms with van der Waals surface area (Å²) in [5.41, 5.74) is 0. The highest BCUT2D eigenvalue weighted by Gasteiger charge is 2.35. The lowest BCUT2D eigenvalue weighted by molar-refractivity contribution is -0.273. The SMILES string of the molecule is CC1OC(O[C@H](C)CCCCCCCCC(=O)NCCO)[C@@H](O)C[C@H]1O. The summed E-state index contributed by atoms with van der Waals surface area (Å²) in [4.78, 5) is 11.4. The highest BCUT2D eigenvalue weighted by atomic mass is 16.7. The van der Waals surface area contributed by atoms with Crippen molar-refractivity contribution in [3.63, 3.8) is 0 Å². The molecule has 1 aliphatic heterocycles. The first-order chi connectivity index (χ1) is 12.4. The molecule has 7 heteroatoms. The first kappa shape index (κ1) is 23.3. The molecule has 1 heterocycles. The molecule has 0 aromatic carbocycles. The number of ether oxygens (including phenoxy) is 2. The molecule has 1 rings (SSSR count). The van der Waals surface area contributed by atoms with Gasteiger partial charge in [0.2, 0.25) is 5.91 Å². The van der Waals surface area contributed by atoms with Gasteiger partial charge in [-0.25, -0.2) is 0 Å². The van der Waals surface area contributed by atoms with Crippen molar-refractivity contribution in [2.24, 2.45) is 0 Å². The van der Waals surface area contributed by atoms with Crippen LogP contribution in [0, 0.1) is 0 Å². The van der Waals surface area contributed by atoms with Gasteiger partial charge >= 0.3 is 0 Å². The van der Waals surface area contributed by atoms with Crippen LogP contribution in [0.2, 0.25) is 0 Å². The average Bonchev–Trinajstić information content (AvgIpc) is 2.60. The van der Waals surface area contributed by atoms with Crippen LogP contribution in [0.3, 0.4) is 0 Å². The van der Waals surface area contributed by atoms with Crippen LogP contribution in [-0.4, -0.2) is 65.1 Å². The molecule has 0 aromatic rings. The van der Waals surface area contributed by atoms with Gasteiger partial charge in [-0.3, -0.25) is 4.79 Å². The lowest BCUT2D eigenvalue weighted by atomic mass is 10.0. The van der Waals surface area contributed by atoms with E-state index >= 15 is 0 Å². The standard InChI is InChI=1S/C19H37NO6/c1-14(25-19-17(23)13-16(22)15(2)26-19)9-7-5-3-4-6-8-10-18(24)20-11-12-21/h14-17,19,21-23H,3-13H2,1-2H3,(H,20,24)/t14-,15?,16-,17+,19?/m1/s1. The number of nitrogens with one attached hydrogen (secondary N) is 1. The maximum absolute atomic E-state index is 11.4. The van der Waals surface area contributed by atoms with Crippen molar-refractivity contribution in [2.45, 2.75) is 102 Å². The second-order valence-electron chi connectivity index (χ2n) is 7.26. The summed E-state index contributed by atoms with van der Waals surface area (Å²) in [5.74, 6) is 0.0129. The molecular formula is C19H37NO6. The Hall–Kier alpha value is -0.730. The van der Waals surface area contributed by atoms with Gasteiger partial charge in [-0.2, -0.15) is 0 Å². The van der Waals surface area contributed by atoms with E-state index < -0.39 is 18.5 Å². The number of aliphatic hydroxyl groups excluding tert-OH is 3. The van der Waals surface area contributed by atoms with Crippen LogP contribution in [-0.2, 0) is 14.3 Å². The lowest BCUT2D eigenvalue weighted by Crippen LogP contribution is -2.48. The average molecular weight is 376 g/mol. The molecule has 1 aliphatic rings. The lowest BCUT2D eigenvalue weighted by Gasteiger charge is -2.36. The van der Waals surface area contributed by atoms with Crippen molar-refractivity contribution >= 4 is 5.91 Å². The molecule has 2 unspecified atom stereocenters. The Labute approximate surface area is 157 Å². The summed E-state index contributed by atoms with van der Waals surface area (Å²) >= 11 is 0. The second kappa shape index (κ2) is 13.4. The van der Waals surface area contributed by atoms with E-state index in [2.05, 4.69) is 5.32 Å². The Morgan fingerprint density at radius 1 is 1.15 bits per heavy atom. The summed E-state index contributed by atoms with van der Waals surface area (Å²) in [5, 5.41) is 30.9. The Kier molecular flexibility index (Phi) is 12.0.